The van der Waals surface area contributed by atoms with Gasteiger partial charge in [0.1, 0.15) is 6.61 Å². The molecular formula is C26H37N3O4. The van der Waals surface area contributed by atoms with Crippen molar-refractivity contribution in [3.05, 3.63) is 53.1 Å². The van der Waals surface area contributed by atoms with Crippen LogP contribution in [0, 0.1) is 0 Å². The van der Waals surface area contributed by atoms with Gasteiger partial charge < -0.3 is 30.5 Å². The third-order valence-electron chi connectivity index (χ3n) is 5.95. The molecule has 1 heterocycles. The lowest BCUT2D eigenvalue weighted by molar-refractivity contribution is 0.100. The summed E-state index contributed by atoms with van der Waals surface area (Å²) in [6.07, 6.45) is 2.33. The SMILES string of the molecule is CCOc1ccccc1OCCN[C@H](C)Cc1cc2c(c(C(N)=O)c1)N(CCCO)C(C)C2. The maximum atomic E-state index is 12.2. The summed E-state index contributed by atoms with van der Waals surface area (Å²) in [5.41, 5.74) is 9.53. The van der Waals surface area contributed by atoms with Crippen LogP contribution in [0.2, 0.25) is 0 Å². The fourth-order valence-electron chi connectivity index (χ4n) is 4.52. The van der Waals surface area contributed by atoms with Crippen LogP contribution >= 0.6 is 0 Å². The van der Waals surface area contributed by atoms with E-state index < -0.39 is 5.91 Å². The molecule has 1 aliphatic heterocycles. The molecule has 4 N–H and O–H groups in total. The normalized spacial score (nSPS) is 15.9. The summed E-state index contributed by atoms with van der Waals surface area (Å²) < 4.78 is 11.5. The molecule has 1 amide bonds. The lowest BCUT2D eigenvalue weighted by Gasteiger charge is -2.26. The van der Waals surface area contributed by atoms with Crippen LogP contribution in [-0.4, -0.2) is 56.0 Å². The van der Waals surface area contributed by atoms with Crippen molar-refractivity contribution < 1.29 is 19.4 Å². The fourth-order valence-corrected chi connectivity index (χ4v) is 4.52. The number of nitrogens with zero attached hydrogens (tertiary/aromatic N) is 1. The Hall–Kier alpha value is -2.77. The van der Waals surface area contributed by atoms with Crippen LogP contribution in [0.5, 0.6) is 11.5 Å². The maximum absolute atomic E-state index is 12.2. The standard InChI is InChI=1S/C26H37N3O4/c1-4-32-23-8-5-6-9-24(23)33-13-10-28-18(2)14-20-16-21-15-19(3)29(11-7-12-30)25(21)22(17-20)26(27)31/h5-6,8-9,16-19,28,30H,4,7,10-15H2,1-3H3,(H2,27,31)/t18-,19?/m1/s1. The summed E-state index contributed by atoms with van der Waals surface area (Å²) >= 11 is 0. The number of para-hydroxylation sites is 2. The Labute approximate surface area is 196 Å². The van der Waals surface area contributed by atoms with E-state index in [0.717, 1.165) is 41.2 Å². The molecule has 0 saturated heterocycles. The van der Waals surface area contributed by atoms with Gasteiger partial charge in [-0.3, -0.25) is 4.79 Å². The summed E-state index contributed by atoms with van der Waals surface area (Å²) in [6, 6.07) is 12.3. The van der Waals surface area contributed by atoms with Crippen molar-refractivity contribution in [2.24, 2.45) is 5.73 Å². The van der Waals surface area contributed by atoms with Crippen LogP contribution in [0.3, 0.4) is 0 Å². The summed E-state index contributed by atoms with van der Waals surface area (Å²) in [4.78, 5) is 14.5. The highest BCUT2D eigenvalue weighted by molar-refractivity contribution is 6.00. The molecule has 33 heavy (non-hydrogen) atoms. The second kappa shape index (κ2) is 11.9. The number of primary amides is 1. The Balaban J connectivity index is 1.59. The number of anilines is 1. The Morgan fingerprint density at radius 2 is 2.00 bits per heavy atom. The van der Waals surface area contributed by atoms with E-state index in [1.165, 1.54) is 0 Å². The van der Waals surface area contributed by atoms with Gasteiger partial charge in [0.15, 0.2) is 11.5 Å². The molecular weight excluding hydrogens is 418 g/mol. The number of benzene rings is 2. The Morgan fingerprint density at radius 3 is 2.67 bits per heavy atom. The first-order chi connectivity index (χ1) is 15.9. The number of nitrogens with two attached hydrogens (primary N) is 1. The number of fused-ring (bicyclic) bond motifs is 1. The molecule has 1 aliphatic rings. The molecule has 0 aromatic heterocycles. The zero-order chi connectivity index (χ0) is 23.8. The minimum absolute atomic E-state index is 0.132. The van der Waals surface area contributed by atoms with Crippen LogP contribution < -0.4 is 25.4 Å². The Morgan fingerprint density at radius 1 is 1.27 bits per heavy atom. The number of rotatable bonds is 13. The first-order valence-corrected chi connectivity index (χ1v) is 11.9. The highest BCUT2D eigenvalue weighted by Crippen LogP contribution is 2.36. The van der Waals surface area contributed by atoms with E-state index in [4.69, 9.17) is 15.2 Å². The van der Waals surface area contributed by atoms with Crippen LogP contribution in [0.15, 0.2) is 36.4 Å². The van der Waals surface area contributed by atoms with Crippen molar-refractivity contribution in [2.75, 3.05) is 37.8 Å². The number of aliphatic hydroxyl groups is 1. The van der Waals surface area contributed by atoms with E-state index in [2.05, 4.69) is 30.1 Å². The van der Waals surface area contributed by atoms with E-state index in [1.807, 2.05) is 37.3 Å². The molecule has 7 nitrogen and oxygen atoms in total. The highest BCUT2D eigenvalue weighted by atomic mass is 16.5. The van der Waals surface area contributed by atoms with Gasteiger partial charge in [-0.2, -0.15) is 0 Å². The molecule has 0 radical (unpaired) electrons. The van der Waals surface area contributed by atoms with E-state index in [-0.39, 0.29) is 18.7 Å². The van der Waals surface area contributed by atoms with Crippen molar-refractivity contribution in [1.29, 1.82) is 0 Å². The summed E-state index contributed by atoms with van der Waals surface area (Å²) in [5.74, 6) is 1.10. The smallest absolute Gasteiger partial charge is 0.250 e. The average Bonchev–Trinajstić information content (AvgIpc) is 3.10. The maximum Gasteiger partial charge on any atom is 0.250 e. The summed E-state index contributed by atoms with van der Waals surface area (Å²) in [6.45, 7) is 8.90. The number of hydrogen-bond acceptors (Lipinski definition) is 6. The molecule has 0 spiro atoms. The van der Waals surface area contributed by atoms with Gasteiger partial charge >= 0.3 is 0 Å². The Bertz CT molecular complexity index is 934. The van der Waals surface area contributed by atoms with Crippen LogP contribution in [-0.2, 0) is 12.8 Å². The zero-order valence-electron chi connectivity index (χ0n) is 20.0. The lowest BCUT2D eigenvalue weighted by atomic mass is 9.97. The molecule has 0 saturated carbocycles. The topological polar surface area (TPSA) is 97.1 Å². The van der Waals surface area contributed by atoms with Crippen molar-refractivity contribution in [2.45, 2.75) is 52.1 Å². The molecule has 2 atom stereocenters. The van der Waals surface area contributed by atoms with Crippen molar-refractivity contribution in [3.63, 3.8) is 0 Å². The number of amides is 1. The van der Waals surface area contributed by atoms with Gasteiger partial charge in [0, 0.05) is 31.8 Å². The molecule has 0 bridgehead atoms. The zero-order valence-corrected chi connectivity index (χ0v) is 20.0. The molecule has 7 heteroatoms. The number of hydrogen-bond donors (Lipinski definition) is 3. The van der Waals surface area contributed by atoms with Gasteiger partial charge in [0.2, 0.25) is 0 Å². The minimum atomic E-state index is -0.404. The molecule has 0 aliphatic carbocycles. The molecule has 180 valence electrons. The van der Waals surface area contributed by atoms with E-state index in [9.17, 15) is 9.90 Å². The van der Waals surface area contributed by atoms with Crippen molar-refractivity contribution in [3.8, 4) is 11.5 Å². The van der Waals surface area contributed by atoms with Gasteiger partial charge in [-0.25, -0.2) is 0 Å². The summed E-state index contributed by atoms with van der Waals surface area (Å²) in [7, 11) is 0. The Kier molecular flexibility index (Phi) is 8.97. The predicted molar refractivity (Wildman–Crippen MR) is 131 cm³/mol. The predicted octanol–water partition coefficient (Wildman–Crippen LogP) is 2.92. The van der Waals surface area contributed by atoms with Gasteiger partial charge in [-0.15, -0.1) is 0 Å². The van der Waals surface area contributed by atoms with E-state index in [1.54, 1.807) is 0 Å². The minimum Gasteiger partial charge on any atom is -0.490 e. The third kappa shape index (κ3) is 6.39. The van der Waals surface area contributed by atoms with Crippen molar-refractivity contribution in [1.82, 2.24) is 5.32 Å². The summed E-state index contributed by atoms with van der Waals surface area (Å²) in [5, 5.41) is 12.7. The molecule has 3 rings (SSSR count). The largest absolute Gasteiger partial charge is 0.490 e. The first kappa shape index (κ1) is 24.9. The fraction of sp³-hybridized carbons (Fsp3) is 0.500. The highest BCUT2D eigenvalue weighted by Gasteiger charge is 2.30. The van der Waals surface area contributed by atoms with E-state index >= 15 is 0 Å². The van der Waals surface area contributed by atoms with Crippen LogP contribution in [0.4, 0.5) is 5.69 Å². The van der Waals surface area contributed by atoms with Crippen LogP contribution in [0.1, 0.15) is 48.7 Å². The number of carbonyl (C=O) groups is 1. The van der Waals surface area contributed by atoms with Crippen LogP contribution in [0.25, 0.3) is 0 Å². The van der Waals surface area contributed by atoms with Crippen molar-refractivity contribution >= 4 is 11.6 Å². The van der Waals surface area contributed by atoms with Gasteiger partial charge in [-0.1, -0.05) is 18.2 Å². The number of aliphatic hydroxyl groups excluding tert-OH is 1. The lowest BCUT2D eigenvalue weighted by Crippen LogP contribution is -2.33. The van der Waals surface area contributed by atoms with Gasteiger partial charge in [0.25, 0.3) is 5.91 Å². The van der Waals surface area contributed by atoms with Gasteiger partial charge in [0.05, 0.1) is 17.9 Å². The first-order valence-electron chi connectivity index (χ1n) is 11.9. The number of nitrogens with one attached hydrogen (secondary N) is 1. The quantitative estimate of drug-likeness (QED) is 0.402. The second-order valence-electron chi connectivity index (χ2n) is 8.63. The monoisotopic (exact) mass is 455 g/mol. The number of carbonyl (C=O) groups excluding carboxylic acids is 1. The van der Waals surface area contributed by atoms with Gasteiger partial charge in [-0.05, 0) is 69.4 Å². The molecule has 2 aromatic rings. The molecule has 1 unspecified atom stereocenters. The van der Waals surface area contributed by atoms with E-state index in [0.29, 0.717) is 38.3 Å². The molecule has 2 aromatic carbocycles. The third-order valence-corrected chi connectivity index (χ3v) is 5.95. The number of ether oxygens (including phenoxy) is 2. The molecule has 0 fully saturated rings. The average molecular weight is 456 g/mol. The second-order valence-corrected chi connectivity index (χ2v) is 8.63.